The number of nitrogen functional groups attached to an aromatic ring is 1. The maximum Gasteiger partial charge on any atom is 0.349 e. The van der Waals surface area contributed by atoms with Gasteiger partial charge in [0.1, 0.15) is 11.9 Å². The Kier molecular flexibility index (Phi) is 2.56. The molecule has 0 saturated heterocycles. The van der Waals surface area contributed by atoms with E-state index in [0.29, 0.717) is 5.39 Å². The quantitative estimate of drug-likeness (QED) is 0.658. The van der Waals surface area contributed by atoms with Gasteiger partial charge in [0.15, 0.2) is 11.4 Å². The summed E-state index contributed by atoms with van der Waals surface area (Å²) in [6, 6.07) is 5.36. The third-order valence-electron chi connectivity index (χ3n) is 2.66. The van der Waals surface area contributed by atoms with Crippen LogP contribution in [-0.2, 0) is 0 Å². The van der Waals surface area contributed by atoms with Crippen molar-refractivity contribution in [1.29, 1.82) is 0 Å². The molecule has 3 rings (SSSR count). The highest BCUT2D eigenvalue weighted by atomic mass is 19.1. The van der Waals surface area contributed by atoms with Crippen molar-refractivity contribution in [1.82, 2.24) is 14.8 Å². The molecule has 100 valence electrons. The molecule has 2 heterocycles. The first-order valence-electron chi connectivity index (χ1n) is 5.50. The van der Waals surface area contributed by atoms with Crippen LogP contribution < -0.4 is 11.4 Å². The zero-order valence-corrected chi connectivity index (χ0v) is 9.91. The summed E-state index contributed by atoms with van der Waals surface area (Å²) in [4.78, 5) is 27.4. The molecule has 0 saturated carbocycles. The van der Waals surface area contributed by atoms with E-state index in [1.807, 2.05) is 0 Å². The highest BCUT2D eigenvalue weighted by Crippen LogP contribution is 2.17. The summed E-state index contributed by atoms with van der Waals surface area (Å²) in [5.74, 6) is -1.53. The number of halogens is 1. The first kappa shape index (κ1) is 12.0. The summed E-state index contributed by atoms with van der Waals surface area (Å²) < 4.78 is 19.1. The lowest BCUT2D eigenvalue weighted by molar-refractivity contribution is 0.0941. The molecule has 0 aliphatic rings. The van der Waals surface area contributed by atoms with Gasteiger partial charge in [-0.1, -0.05) is 12.1 Å². The molecule has 0 spiro atoms. The lowest BCUT2D eigenvalue weighted by Gasteiger charge is -2.01. The predicted octanol–water partition coefficient (Wildman–Crippen LogP) is 0.794. The van der Waals surface area contributed by atoms with E-state index in [2.05, 4.69) is 10.1 Å². The third-order valence-corrected chi connectivity index (χ3v) is 2.66. The van der Waals surface area contributed by atoms with Gasteiger partial charge in [0.05, 0.1) is 0 Å². The van der Waals surface area contributed by atoms with Crippen LogP contribution in [0.4, 0.5) is 10.3 Å². The summed E-state index contributed by atoms with van der Waals surface area (Å²) in [7, 11) is 0. The van der Waals surface area contributed by atoms with Crippen molar-refractivity contribution >= 4 is 22.8 Å². The van der Waals surface area contributed by atoms with Crippen molar-refractivity contribution in [2.75, 3.05) is 5.73 Å². The smallest absolute Gasteiger partial charge is 0.349 e. The number of para-hydroxylation sites is 1. The summed E-state index contributed by atoms with van der Waals surface area (Å²) in [6.07, 6.45) is 1.08. The topological polar surface area (TPSA) is 104 Å². The number of carbonyl (C=O) groups is 1. The van der Waals surface area contributed by atoms with E-state index in [1.165, 1.54) is 18.2 Å². The molecule has 2 N–H and O–H groups in total. The Morgan fingerprint density at radius 1 is 1.40 bits per heavy atom. The molecule has 1 aromatic carbocycles. The van der Waals surface area contributed by atoms with E-state index in [9.17, 15) is 14.0 Å². The molecule has 0 unspecified atom stereocenters. The Morgan fingerprint density at radius 2 is 2.20 bits per heavy atom. The normalized spacial score (nSPS) is 10.8. The van der Waals surface area contributed by atoms with Gasteiger partial charge in [0.2, 0.25) is 5.95 Å². The first-order valence-corrected chi connectivity index (χ1v) is 5.50. The first-order chi connectivity index (χ1) is 9.56. The minimum absolute atomic E-state index is 0.102. The number of nitrogens with zero attached hydrogens (tertiary/aromatic N) is 3. The van der Waals surface area contributed by atoms with Crippen LogP contribution in [0.2, 0.25) is 0 Å². The van der Waals surface area contributed by atoms with Crippen molar-refractivity contribution in [2.24, 2.45) is 0 Å². The molecule has 8 heteroatoms. The SMILES string of the molecule is Nc1ncn(C(=O)c2cc3cccc(F)c3oc2=O)n1. The number of nitrogens with two attached hydrogens (primary N) is 1. The van der Waals surface area contributed by atoms with Gasteiger partial charge in [-0.3, -0.25) is 4.79 Å². The predicted molar refractivity (Wildman–Crippen MR) is 66.6 cm³/mol. The van der Waals surface area contributed by atoms with E-state index in [-0.39, 0.29) is 17.1 Å². The molecule has 0 amide bonds. The summed E-state index contributed by atoms with van der Waals surface area (Å²) in [5, 5.41) is 3.90. The van der Waals surface area contributed by atoms with Crippen LogP contribution in [0.25, 0.3) is 11.0 Å². The fourth-order valence-electron chi connectivity index (χ4n) is 1.76. The molecule has 0 radical (unpaired) electrons. The zero-order chi connectivity index (χ0) is 14.3. The molecule has 0 atom stereocenters. The van der Waals surface area contributed by atoms with Gasteiger partial charge < -0.3 is 10.2 Å². The van der Waals surface area contributed by atoms with Crippen LogP contribution in [0.3, 0.4) is 0 Å². The van der Waals surface area contributed by atoms with Gasteiger partial charge in [-0.05, 0) is 12.1 Å². The van der Waals surface area contributed by atoms with Crippen molar-refractivity contribution in [3.63, 3.8) is 0 Å². The van der Waals surface area contributed by atoms with Crippen molar-refractivity contribution < 1.29 is 13.6 Å². The molecule has 7 nitrogen and oxygen atoms in total. The fourth-order valence-corrected chi connectivity index (χ4v) is 1.76. The van der Waals surface area contributed by atoms with Gasteiger partial charge in [-0.15, -0.1) is 5.10 Å². The van der Waals surface area contributed by atoms with E-state index < -0.39 is 17.3 Å². The number of aromatic nitrogens is 3. The Balaban J connectivity index is 2.19. The zero-order valence-electron chi connectivity index (χ0n) is 9.91. The average Bonchev–Trinajstić information content (AvgIpc) is 2.85. The number of carbonyl (C=O) groups excluding carboxylic acids is 1. The minimum Gasteiger partial charge on any atom is -0.419 e. The van der Waals surface area contributed by atoms with Crippen LogP contribution in [0.5, 0.6) is 0 Å². The molecule has 20 heavy (non-hydrogen) atoms. The van der Waals surface area contributed by atoms with Crippen molar-refractivity contribution in [3.05, 3.63) is 52.4 Å². The van der Waals surface area contributed by atoms with Crippen molar-refractivity contribution in [3.8, 4) is 0 Å². The number of anilines is 1. The summed E-state index contributed by atoms with van der Waals surface area (Å²) >= 11 is 0. The lowest BCUT2D eigenvalue weighted by Crippen LogP contribution is -2.21. The Morgan fingerprint density at radius 3 is 2.90 bits per heavy atom. The van der Waals surface area contributed by atoms with E-state index in [1.54, 1.807) is 0 Å². The Labute approximate surface area is 110 Å². The molecule has 0 aliphatic heterocycles. The second kappa shape index (κ2) is 4.26. The fraction of sp³-hybridized carbons (Fsp3) is 0. The second-order valence-corrected chi connectivity index (χ2v) is 3.96. The van der Waals surface area contributed by atoms with Crippen LogP contribution in [0, 0.1) is 5.82 Å². The monoisotopic (exact) mass is 274 g/mol. The summed E-state index contributed by atoms with van der Waals surface area (Å²) in [5.41, 5.74) is 3.85. The van der Waals surface area contributed by atoms with Gasteiger partial charge in [-0.2, -0.15) is 4.68 Å². The highest BCUT2D eigenvalue weighted by Gasteiger charge is 2.18. The van der Waals surface area contributed by atoms with Crippen LogP contribution in [-0.4, -0.2) is 20.7 Å². The average molecular weight is 274 g/mol. The van der Waals surface area contributed by atoms with Gasteiger partial charge in [0, 0.05) is 5.39 Å². The second-order valence-electron chi connectivity index (χ2n) is 3.96. The van der Waals surface area contributed by atoms with E-state index >= 15 is 0 Å². The molecular weight excluding hydrogens is 267 g/mol. The van der Waals surface area contributed by atoms with Crippen LogP contribution in [0.15, 0.2) is 39.8 Å². The standard InChI is InChI=1S/C12H7FN4O3/c13-8-3-1-2-6-4-7(11(19)20-9(6)8)10(18)17-5-15-12(14)16-17/h1-5H,(H2,14,16). The van der Waals surface area contributed by atoms with Crippen LogP contribution in [0.1, 0.15) is 10.4 Å². The van der Waals surface area contributed by atoms with Gasteiger partial charge in [-0.25, -0.2) is 14.2 Å². The largest absolute Gasteiger partial charge is 0.419 e. The lowest BCUT2D eigenvalue weighted by atomic mass is 10.2. The van der Waals surface area contributed by atoms with Gasteiger partial charge >= 0.3 is 5.63 Å². The van der Waals surface area contributed by atoms with E-state index in [0.717, 1.165) is 17.1 Å². The maximum absolute atomic E-state index is 13.5. The van der Waals surface area contributed by atoms with Crippen molar-refractivity contribution in [2.45, 2.75) is 0 Å². The van der Waals surface area contributed by atoms with Gasteiger partial charge in [0.25, 0.3) is 5.91 Å². The number of fused-ring (bicyclic) bond motifs is 1. The number of hydrogen-bond donors (Lipinski definition) is 1. The molecule has 0 aliphatic carbocycles. The summed E-state index contributed by atoms with van der Waals surface area (Å²) in [6.45, 7) is 0. The third kappa shape index (κ3) is 1.83. The maximum atomic E-state index is 13.5. The molecular formula is C12H7FN4O3. The number of rotatable bonds is 1. The minimum atomic E-state index is -0.957. The van der Waals surface area contributed by atoms with E-state index in [4.69, 9.17) is 10.2 Å². The number of hydrogen-bond acceptors (Lipinski definition) is 6. The highest BCUT2D eigenvalue weighted by molar-refractivity contribution is 5.97. The number of benzene rings is 1. The molecule has 0 bridgehead atoms. The Hall–Kier alpha value is -3.03. The Bertz CT molecular complexity index is 884. The molecule has 3 aromatic rings. The van der Waals surface area contributed by atoms with Crippen LogP contribution >= 0.6 is 0 Å². The molecule has 0 fully saturated rings. The molecule has 2 aromatic heterocycles.